The number of hydrogen-bond acceptors (Lipinski definition) is 5. The minimum Gasteiger partial charge on any atom is -0.491 e. The van der Waals surface area contributed by atoms with Crippen LogP contribution >= 0.6 is 0 Å². The lowest BCUT2D eigenvalue weighted by molar-refractivity contribution is -0.114. The highest BCUT2D eigenvalue weighted by molar-refractivity contribution is 5.96. The van der Waals surface area contributed by atoms with Gasteiger partial charge in [-0.25, -0.2) is 0 Å². The van der Waals surface area contributed by atoms with Gasteiger partial charge in [-0.1, -0.05) is 25.5 Å². The van der Waals surface area contributed by atoms with Crippen LogP contribution in [0.5, 0.6) is 5.75 Å². The number of methoxy groups -OCH3 is 1. The van der Waals surface area contributed by atoms with Gasteiger partial charge in [0.1, 0.15) is 5.75 Å². The van der Waals surface area contributed by atoms with Crippen LogP contribution in [-0.2, 0) is 9.53 Å². The number of para-hydroxylation sites is 2. The molecule has 0 aliphatic carbocycles. The van der Waals surface area contributed by atoms with Crippen molar-refractivity contribution in [3.63, 3.8) is 0 Å². The Bertz CT molecular complexity index is 793. The van der Waals surface area contributed by atoms with Gasteiger partial charge >= 0.3 is 0 Å². The van der Waals surface area contributed by atoms with Crippen molar-refractivity contribution in [2.24, 2.45) is 0 Å². The van der Waals surface area contributed by atoms with Crippen molar-refractivity contribution in [3.8, 4) is 5.75 Å². The summed E-state index contributed by atoms with van der Waals surface area (Å²) in [5.41, 5.74) is 1.95. The molecule has 2 rings (SSSR count). The number of hydrogen-bond donors (Lipinski definition) is 3. The van der Waals surface area contributed by atoms with Gasteiger partial charge in [0.15, 0.2) is 0 Å². The van der Waals surface area contributed by atoms with E-state index in [2.05, 4.69) is 22.9 Å². The summed E-state index contributed by atoms with van der Waals surface area (Å²) in [7, 11) is 1.63. The van der Waals surface area contributed by atoms with Crippen LogP contribution in [0.3, 0.4) is 0 Å². The zero-order valence-corrected chi connectivity index (χ0v) is 17.7. The molecular weight excluding hydrogens is 382 g/mol. The third-order valence-electron chi connectivity index (χ3n) is 4.32. The molecule has 0 radical (unpaired) electrons. The molecular formula is C23H31N3O4. The van der Waals surface area contributed by atoms with Gasteiger partial charge in [0, 0.05) is 31.5 Å². The minimum atomic E-state index is -0.185. The van der Waals surface area contributed by atoms with Crippen molar-refractivity contribution in [2.75, 3.05) is 44.0 Å². The standard InChI is InChI=1S/C23H31N3O4/c1-3-4-16-30-21-9-6-5-8-20(21)25-17-22(27)26-19-12-10-18(11-13-19)23(28)24-14-7-15-29-2/h5-6,8-13,25H,3-4,7,14-17H2,1-2H3,(H,24,28)(H,26,27). The second kappa shape index (κ2) is 13.2. The van der Waals surface area contributed by atoms with Gasteiger partial charge in [-0.15, -0.1) is 0 Å². The van der Waals surface area contributed by atoms with Gasteiger partial charge in [-0.2, -0.15) is 0 Å². The van der Waals surface area contributed by atoms with Crippen LogP contribution in [0.15, 0.2) is 48.5 Å². The fraction of sp³-hybridized carbons (Fsp3) is 0.391. The van der Waals surface area contributed by atoms with Crippen LogP contribution in [0.4, 0.5) is 11.4 Å². The second-order valence-corrected chi connectivity index (χ2v) is 6.78. The third kappa shape index (κ3) is 8.13. The smallest absolute Gasteiger partial charge is 0.251 e. The lowest BCUT2D eigenvalue weighted by Gasteiger charge is -2.13. The first kappa shape index (κ1) is 23.2. The summed E-state index contributed by atoms with van der Waals surface area (Å²) in [6.45, 7) is 4.03. The normalized spacial score (nSPS) is 10.3. The van der Waals surface area contributed by atoms with E-state index >= 15 is 0 Å². The maximum atomic E-state index is 12.3. The van der Waals surface area contributed by atoms with Crippen LogP contribution < -0.4 is 20.7 Å². The molecule has 7 heteroatoms. The van der Waals surface area contributed by atoms with Crippen LogP contribution in [0.1, 0.15) is 36.5 Å². The average molecular weight is 414 g/mol. The van der Waals surface area contributed by atoms with E-state index in [1.807, 2.05) is 24.3 Å². The molecule has 30 heavy (non-hydrogen) atoms. The molecule has 0 aromatic heterocycles. The molecule has 0 aliphatic rings. The Morgan fingerprint density at radius 2 is 1.73 bits per heavy atom. The van der Waals surface area contributed by atoms with E-state index in [1.54, 1.807) is 31.4 Å². The van der Waals surface area contributed by atoms with Crippen molar-refractivity contribution >= 4 is 23.2 Å². The monoisotopic (exact) mass is 413 g/mol. The van der Waals surface area contributed by atoms with Crippen molar-refractivity contribution < 1.29 is 19.1 Å². The van der Waals surface area contributed by atoms with E-state index in [0.29, 0.717) is 31.0 Å². The zero-order valence-electron chi connectivity index (χ0n) is 17.7. The van der Waals surface area contributed by atoms with Gasteiger partial charge in [-0.3, -0.25) is 9.59 Å². The predicted molar refractivity (Wildman–Crippen MR) is 119 cm³/mol. The lowest BCUT2D eigenvalue weighted by atomic mass is 10.2. The van der Waals surface area contributed by atoms with Crippen LogP contribution in [0, 0.1) is 0 Å². The SMILES string of the molecule is CCCCOc1ccccc1NCC(=O)Nc1ccc(C(=O)NCCCOC)cc1. The van der Waals surface area contributed by atoms with Crippen LogP contribution in [-0.4, -0.2) is 45.2 Å². The number of unbranched alkanes of at least 4 members (excludes halogenated alkanes) is 1. The average Bonchev–Trinajstić information content (AvgIpc) is 2.76. The molecule has 0 unspecified atom stereocenters. The van der Waals surface area contributed by atoms with Gasteiger partial charge in [0.2, 0.25) is 5.91 Å². The molecule has 0 bridgehead atoms. The Morgan fingerprint density at radius 3 is 2.47 bits per heavy atom. The summed E-state index contributed by atoms with van der Waals surface area (Å²) in [4.78, 5) is 24.3. The third-order valence-corrected chi connectivity index (χ3v) is 4.32. The lowest BCUT2D eigenvalue weighted by Crippen LogP contribution is -2.25. The Kier molecular flexibility index (Phi) is 10.2. The molecule has 0 spiro atoms. The number of anilines is 2. The van der Waals surface area contributed by atoms with Gasteiger partial charge in [-0.05, 0) is 49.2 Å². The number of rotatable bonds is 13. The molecule has 3 N–H and O–H groups in total. The number of ether oxygens (including phenoxy) is 2. The first-order chi connectivity index (χ1) is 14.6. The van der Waals surface area contributed by atoms with E-state index in [9.17, 15) is 9.59 Å². The van der Waals surface area contributed by atoms with Gasteiger partial charge in [0.05, 0.1) is 18.8 Å². The highest BCUT2D eigenvalue weighted by atomic mass is 16.5. The summed E-state index contributed by atoms with van der Waals surface area (Å²) in [5, 5.41) is 8.76. The molecule has 2 aromatic rings. The minimum absolute atomic E-state index is 0.107. The predicted octanol–water partition coefficient (Wildman–Crippen LogP) is 3.68. The summed E-state index contributed by atoms with van der Waals surface area (Å²) in [6.07, 6.45) is 2.80. The summed E-state index contributed by atoms with van der Waals surface area (Å²) in [5.74, 6) is 0.403. The molecule has 0 fully saturated rings. The van der Waals surface area contributed by atoms with E-state index in [1.165, 1.54) is 0 Å². The molecule has 0 heterocycles. The van der Waals surface area contributed by atoms with E-state index < -0.39 is 0 Å². The topological polar surface area (TPSA) is 88.7 Å². The Labute approximate surface area is 178 Å². The quantitative estimate of drug-likeness (QED) is 0.436. The fourth-order valence-corrected chi connectivity index (χ4v) is 2.67. The van der Waals surface area contributed by atoms with E-state index in [0.717, 1.165) is 30.7 Å². The second-order valence-electron chi connectivity index (χ2n) is 6.78. The van der Waals surface area contributed by atoms with E-state index in [4.69, 9.17) is 9.47 Å². The summed E-state index contributed by atoms with van der Waals surface area (Å²) >= 11 is 0. The summed E-state index contributed by atoms with van der Waals surface area (Å²) in [6, 6.07) is 14.4. The van der Waals surface area contributed by atoms with Gasteiger partial charge in [0.25, 0.3) is 5.91 Å². The van der Waals surface area contributed by atoms with Crippen LogP contribution in [0.2, 0.25) is 0 Å². The molecule has 0 saturated heterocycles. The zero-order chi connectivity index (χ0) is 21.6. The van der Waals surface area contributed by atoms with Gasteiger partial charge < -0.3 is 25.4 Å². The Balaban J connectivity index is 1.81. The highest BCUT2D eigenvalue weighted by Gasteiger charge is 2.08. The number of nitrogens with one attached hydrogen (secondary N) is 3. The van der Waals surface area contributed by atoms with Crippen molar-refractivity contribution in [1.29, 1.82) is 0 Å². The molecule has 162 valence electrons. The Hall–Kier alpha value is -3.06. The number of amides is 2. The fourth-order valence-electron chi connectivity index (χ4n) is 2.67. The molecule has 0 atom stereocenters. The molecule has 2 aromatic carbocycles. The van der Waals surface area contributed by atoms with Crippen molar-refractivity contribution in [2.45, 2.75) is 26.2 Å². The molecule has 2 amide bonds. The van der Waals surface area contributed by atoms with Crippen LogP contribution in [0.25, 0.3) is 0 Å². The van der Waals surface area contributed by atoms with E-state index in [-0.39, 0.29) is 18.4 Å². The maximum Gasteiger partial charge on any atom is 0.251 e. The molecule has 7 nitrogen and oxygen atoms in total. The number of carbonyl (C=O) groups excluding carboxylic acids is 2. The maximum absolute atomic E-state index is 12.3. The Morgan fingerprint density at radius 1 is 0.967 bits per heavy atom. The number of carbonyl (C=O) groups is 2. The highest BCUT2D eigenvalue weighted by Crippen LogP contribution is 2.23. The summed E-state index contributed by atoms with van der Waals surface area (Å²) < 4.78 is 10.7. The molecule has 0 saturated carbocycles. The number of benzene rings is 2. The van der Waals surface area contributed by atoms with Crippen molar-refractivity contribution in [3.05, 3.63) is 54.1 Å². The largest absolute Gasteiger partial charge is 0.491 e. The first-order valence-corrected chi connectivity index (χ1v) is 10.3. The molecule has 0 aliphatic heterocycles. The van der Waals surface area contributed by atoms with Crippen molar-refractivity contribution in [1.82, 2.24) is 5.32 Å². The first-order valence-electron chi connectivity index (χ1n) is 10.3.